The minimum Gasteiger partial charge on any atom is -0.466 e. The van der Waals surface area contributed by atoms with E-state index < -0.39 is 5.97 Å². The van der Waals surface area contributed by atoms with Crippen LogP contribution in [0.1, 0.15) is 37.7 Å². The first-order chi connectivity index (χ1) is 27.5. The van der Waals surface area contributed by atoms with Gasteiger partial charge in [0.15, 0.2) is 5.78 Å². The molecule has 57 heavy (non-hydrogen) atoms. The van der Waals surface area contributed by atoms with Gasteiger partial charge in [0.05, 0.1) is 54.8 Å². The molecule has 5 aromatic rings. The van der Waals surface area contributed by atoms with Crippen LogP contribution in [0, 0.1) is 0 Å². The maximum atomic E-state index is 12.2. The summed E-state index contributed by atoms with van der Waals surface area (Å²) in [6.07, 6.45) is 9.04. The highest BCUT2D eigenvalue weighted by Gasteiger charge is 2.21. The van der Waals surface area contributed by atoms with Crippen molar-refractivity contribution < 1.29 is 23.8 Å². The molecule has 0 saturated carbocycles. The van der Waals surface area contributed by atoms with Gasteiger partial charge in [-0.1, -0.05) is 0 Å². The van der Waals surface area contributed by atoms with Crippen LogP contribution in [0.4, 0.5) is 5.95 Å². The van der Waals surface area contributed by atoms with Crippen LogP contribution >= 0.6 is 11.6 Å². The van der Waals surface area contributed by atoms with Gasteiger partial charge in [0.25, 0.3) is 11.1 Å². The number of hydrogen-bond donors (Lipinski definition) is 1. The molecule has 0 amide bonds. The molecule has 7 heterocycles. The van der Waals surface area contributed by atoms with Crippen molar-refractivity contribution in [1.82, 2.24) is 54.3 Å². The Bertz CT molecular complexity index is 2140. The summed E-state index contributed by atoms with van der Waals surface area (Å²) in [5.41, 5.74) is 2.14. The second-order valence-corrected chi connectivity index (χ2v) is 12.7. The molecular formula is C37H45ClN12O7. The summed E-state index contributed by atoms with van der Waals surface area (Å²) in [6.45, 7) is 11.0. The van der Waals surface area contributed by atoms with Gasteiger partial charge >= 0.3 is 5.97 Å². The van der Waals surface area contributed by atoms with Crippen molar-refractivity contribution in [3.05, 3.63) is 99.6 Å². The van der Waals surface area contributed by atoms with Crippen LogP contribution in [0.5, 0.6) is 0 Å². The maximum Gasteiger partial charge on any atom is 0.313 e. The highest BCUT2D eigenvalue weighted by Crippen LogP contribution is 2.18. The van der Waals surface area contributed by atoms with E-state index in [0.717, 1.165) is 26.2 Å². The SMILES string of the molecule is CC1CN(c2nc(-c3ccncn3)cc(=O)n2C)CCO1.CC1CNCCO1.CCOC(=O)CC(=O)c1ccncn1.Cn1c(Cl)nc(-c2ccncn2)cc1=O. The fourth-order valence-electron chi connectivity index (χ4n) is 5.05. The second-order valence-electron chi connectivity index (χ2n) is 12.3. The Morgan fingerprint density at radius 2 is 1.42 bits per heavy atom. The smallest absolute Gasteiger partial charge is 0.313 e. The zero-order valence-corrected chi connectivity index (χ0v) is 33.1. The molecule has 2 aliphatic heterocycles. The van der Waals surface area contributed by atoms with Crippen molar-refractivity contribution in [2.75, 3.05) is 50.9 Å². The monoisotopic (exact) mass is 804 g/mol. The largest absolute Gasteiger partial charge is 0.466 e. The Balaban J connectivity index is 0.000000178. The van der Waals surface area contributed by atoms with E-state index in [1.165, 1.54) is 47.9 Å². The number of carbonyl (C=O) groups excluding carboxylic acids is 2. The molecule has 5 aromatic heterocycles. The van der Waals surface area contributed by atoms with Crippen LogP contribution in [-0.2, 0) is 33.1 Å². The third kappa shape index (κ3) is 14.0. The van der Waals surface area contributed by atoms with Gasteiger partial charge in [-0.2, -0.15) is 0 Å². The summed E-state index contributed by atoms with van der Waals surface area (Å²) in [5.74, 6) is -0.242. The number of Topliss-reactive ketones (excluding diaryl/α,β-unsaturated/α-hetero) is 1. The van der Waals surface area contributed by atoms with Crippen LogP contribution in [0.3, 0.4) is 0 Å². The van der Waals surface area contributed by atoms with E-state index in [4.69, 9.17) is 21.1 Å². The predicted octanol–water partition coefficient (Wildman–Crippen LogP) is 1.96. The van der Waals surface area contributed by atoms with Gasteiger partial charge in [0, 0.05) is 71.0 Å². The highest BCUT2D eigenvalue weighted by molar-refractivity contribution is 6.28. The van der Waals surface area contributed by atoms with Gasteiger partial charge in [-0.25, -0.2) is 39.9 Å². The van der Waals surface area contributed by atoms with Crippen molar-refractivity contribution >= 4 is 29.3 Å². The summed E-state index contributed by atoms with van der Waals surface area (Å²) in [5, 5.41) is 3.34. The first-order valence-electron chi connectivity index (χ1n) is 17.9. The quantitative estimate of drug-likeness (QED) is 0.107. The molecule has 2 saturated heterocycles. The number of carbonyl (C=O) groups is 2. The minimum atomic E-state index is -0.531. The number of ketones is 1. The number of morpholine rings is 2. The lowest BCUT2D eigenvalue weighted by molar-refractivity contribution is -0.141. The number of esters is 1. The molecule has 7 rings (SSSR count). The topological polar surface area (TPSA) is 224 Å². The third-order valence-electron chi connectivity index (χ3n) is 8.00. The summed E-state index contributed by atoms with van der Waals surface area (Å²) >= 11 is 5.78. The molecule has 2 aliphatic rings. The van der Waals surface area contributed by atoms with Crippen molar-refractivity contribution in [1.29, 1.82) is 0 Å². The van der Waals surface area contributed by atoms with E-state index >= 15 is 0 Å². The fraction of sp³-hybridized carbons (Fsp3) is 0.405. The first kappa shape index (κ1) is 43.8. The lowest BCUT2D eigenvalue weighted by atomic mass is 10.2. The van der Waals surface area contributed by atoms with Crippen molar-refractivity contribution in [2.24, 2.45) is 14.1 Å². The predicted molar refractivity (Wildman–Crippen MR) is 210 cm³/mol. The van der Waals surface area contributed by atoms with E-state index in [-0.39, 0.29) is 47.0 Å². The number of halogens is 1. The highest BCUT2D eigenvalue weighted by atomic mass is 35.5. The summed E-state index contributed by atoms with van der Waals surface area (Å²) in [4.78, 5) is 79.8. The average Bonchev–Trinajstić information content (AvgIpc) is 3.23. The normalized spacial score (nSPS) is 16.0. The number of nitrogens with one attached hydrogen (secondary N) is 1. The molecule has 2 fully saturated rings. The van der Waals surface area contributed by atoms with E-state index in [1.807, 2.05) is 6.92 Å². The Kier molecular flexibility index (Phi) is 17.4. The van der Waals surface area contributed by atoms with Crippen molar-refractivity contribution in [2.45, 2.75) is 39.4 Å². The summed E-state index contributed by atoms with van der Waals surface area (Å²) in [7, 11) is 3.29. The molecule has 302 valence electrons. The number of nitrogens with zero attached hydrogens (tertiary/aromatic N) is 11. The van der Waals surface area contributed by atoms with E-state index in [0.29, 0.717) is 48.0 Å². The number of rotatable bonds is 7. The molecular weight excluding hydrogens is 760 g/mol. The van der Waals surface area contributed by atoms with Crippen LogP contribution in [0.15, 0.2) is 77.5 Å². The summed E-state index contributed by atoms with van der Waals surface area (Å²) < 4.78 is 18.2. The van der Waals surface area contributed by atoms with E-state index in [1.54, 1.807) is 50.1 Å². The van der Waals surface area contributed by atoms with E-state index in [9.17, 15) is 19.2 Å². The Hall–Kier alpha value is -5.89. The molecule has 1 N–H and O–H groups in total. The lowest BCUT2D eigenvalue weighted by Crippen LogP contribution is -2.44. The number of ether oxygens (including phenoxy) is 3. The zero-order valence-electron chi connectivity index (χ0n) is 32.3. The molecule has 2 atom stereocenters. The third-order valence-corrected chi connectivity index (χ3v) is 8.33. The standard InChI is InChI=1S/C14H17N5O2.C9H7ClN4O.C9H10N2O3.C5H11NO/c1-10-8-19(5-6-21-10)14-17-12(7-13(20)18(14)2)11-3-4-15-9-16-11;1-14-8(15)4-7(13-9(14)10)6-2-3-11-5-12-6;1-2-14-9(13)5-8(12)7-3-4-10-6-11-7;1-5-4-6-2-3-7-5/h3-4,7,9-10H,5-6,8H2,1-2H3;2-5H,1H3;3-4,6H,2,5H2,1H3;5-6H,2-4H2,1H3. The van der Waals surface area contributed by atoms with Gasteiger partial charge in [0.1, 0.15) is 31.1 Å². The number of anilines is 1. The minimum absolute atomic E-state index is 0.104. The van der Waals surface area contributed by atoms with Gasteiger partial charge in [-0.3, -0.25) is 28.3 Å². The molecule has 0 radical (unpaired) electrons. The van der Waals surface area contributed by atoms with E-state index in [2.05, 4.69) is 61.7 Å². The fourth-order valence-corrected chi connectivity index (χ4v) is 5.23. The van der Waals surface area contributed by atoms with Crippen LogP contribution in [0.2, 0.25) is 5.28 Å². The van der Waals surface area contributed by atoms with Gasteiger partial charge in [-0.05, 0) is 50.6 Å². The number of hydrogen-bond acceptors (Lipinski definition) is 17. The lowest BCUT2D eigenvalue weighted by Gasteiger charge is -2.32. The molecule has 0 bridgehead atoms. The Morgan fingerprint density at radius 1 is 0.825 bits per heavy atom. The molecule has 19 nitrogen and oxygen atoms in total. The zero-order chi connectivity index (χ0) is 41.2. The van der Waals surface area contributed by atoms with Crippen LogP contribution in [-0.4, -0.2) is 119 Å². The molecule has 20 heteroatoms. The Labute approximate surface area is 333 Å². The molecule has 0 aliphatic carbocycles. The maximum absolute atomic E-state index is 12.2. The number of aromatic nitrogens is 10. The molecule has 2 unspecified atom stereocenters. The average molecular weight is 805 g/mol. The van der Waals surface area contributed by atoms with Crippen LogP contribution in [0.25, 0.3) is 22.8 Å². The van der Waals surface area contributed by atoms with Gasteiger partial charge in [0.2, 0.25) is 11.2 Å². The summed E-state index contributed by atoms with van der Waals surface area (Å²) in [6, 6.07) is 7.75. The van der Waals surface area contributed by atoms with Crippen molar-refractivity contribution in [3.63, 3.8) is 0 Å². The van der Waals surface area contributed by atoms with Gasteiger partial charge in [-0.15, -0.1) is 0 Å². The second kappa shape index (κ2) is 22.6. The molecule has 0 aromatic carbocycles. The van der Waals surface area contributed by atoms with Crippen molar-refractivity contribution in [3.8, 4) is 22.8 Å². The Morgan fingerprint density at radius 3 is 1.91 bits per heavy atom. The van der Waals surface area contributed by atoms with Crippen LogP contribution < -0.4 is 21.3 Å². The first-order valence-corrected chi connectivity index (χ1v) is 18.3. The van der Waals surface area contributed by atoms with Gasteiger partial charge < -0.3 is 24.4 Å². The molecule has 0 spiro atoms.